The van der Waals surface area contributed by atoms with Crippen molar-refractivity contribution in [1.82, 2.24) is 0 Å². The Bertz CT molecular complexity index is 1080. The second-order valence-electron chi connectivity index (χ2n) is 7.66. The summed E-state index contributed by atoms with van der Waals surface area (Å²) in [6, 6.07) is 28.1. The Morgan fingerprint density at radius 3 is 1.59 bits per heavy atom. The highest BCUT2D eigenvalue weighted by Crippen LogP contribution is 2.28. The van der Waals surface area contributed by atoms with E-state index in [-0.39, 0.29) is 0 Å². The number of hydrogen-bond donors (Lipinski definition) is 0. The first-order valence-corrected chi connectivity index (χ1v) is 10.0. The molecule has 2 heteroatoms. The molecule has 2 aromatic carbocycles. The fraction of sp³-hybridized carbons (Fsp3) is 0.148. The van der Waals surface area contributed by atoms with E-state index in [1.54, 1.807) is 0 Å². The number of nitrogens with zero attached hydrogens (tertiary/aromatic N) is 2. The molecule has 0 unspecified atom stereocenters. The van der Waals surface area contributed by atoms with Gasteiger partial charge in [-0.25, -0.2) is 0 Å². The van der Waals surface area contributed by atoms with Gasteiger partial charge in [0.25, 0.3) is 0 Å². The van der Waals surface area contributed by atoms with Gasteiger partial charge in [-0.1, -0.05) is 54.6 Å². The van der Waals surface area contributed by atoms with Crippen molar-refractivity contribution in [3.05, 3.63) is 101 Å². The highest BCUT2D eigenvalue weighted by atomic mass is 15.1. The summed E-state index contributed by atoms with van der Waals surface area (Å²) in [6.07, 6.45) is 4.35. The van der Waals surface area contributed by atoms with Crippen molar-refractivity contribution < 1.29 is 4.57 Å². The second kappa shape index (κ2) is 7.92. The van der Waals surface area contributed by atoms with E-state index < -0.39 is 0 Å². The Hall–Kier alpha value is -3.39. The first-order chi connectivity index (χ1) is 14.0. The van der Waals surface area contributed by atoms with Crippen LogP contribution in [0.25, 0.3) is 29.0 Å². The predicted molar refractivity (Wildman–Crippen MR) is 124 cm³/mol. The highest BCUT2D eigenvalue weighted by molar-refractivity contribution is 5.74. The van der Waals surface area contributed by atoms with Gasteiger partial charge in [0, 0.05) is 45.8 Å². The summed E-state index contributed by atoms with van der Waals surface area (Å²) in [7, 11) is 4.12. The van der Waals surface area contributed by atoms with Crippen LogP contribution in [0.5, 0.6) is 0 Å². The van der Waals surface area contributed by atoms with Crippen LogP contribution < -0.4 is 9.47 Å². The Balaban J connectivity index is 1.67. The molecule has 2 aromatic rings. The molecule has 0 saturated carbocycles. The molecular weight excluding hydrogens is 352 g/mol. The number of anilines is 1. The zero-order valence-electron chi connectivity index (χ0n) is 17.6. The maximum absolute atomic E-state index is 2.34. The molecule has 1 heterocycles. The standard InChI is InChI=1S/C27H27N2/c1-20-26-18-14-23(11-10-22-12-16-24(17-13-22)28(3)4)15-19-27(26)21(2)29(20)25-8-6-5-7-9-25/h5-19H,1-4H3/q+1. The van der Waals surface area contributed by atoms with Gasteiger partial charge in [-0.15, -0.1) is 0 Å². The summed E-state index contributed by atoms with van der Waals surface area (Å²) >= 11 is 0. The van der Waals surface area contributed by atoms with Crippen LogP contribution in [0.15, 0.2) is 78.9 Å². The van der Waals surface area contributed by atoms with Crippen LogP contribution in [0, 0.1) is 13.8 Å². The maximum Gasteiger partial charge on any atom is 0.211 e. The number of aromatic nitrogens is 1. The fourth-order valence-electron chi connectivity index (χ4n) is 3.87. The molecule has 0 saturated heterocycles. The number of hydrogen-bond acceptors (Lipinski definition) is 1. The van der Waals surface area contributed by atoms with Crippen LogP contribution in [0.4, 0.5) is 5.69 Å². The quantitative estimate of drug-likeness (QED) is 0.399. The molecule has 0 radical (unpaired) electrons. The summed E-state index contributed by atoms with van der Waals surface area (Å²) < 4.78 is 2.34. The molecule has 0 N–H and O–H groups in total. The van der Waals surface area contributed by atoms with Crippen LogP contribution in [-0.4, -0.2) is 14.1 Å². The topological polar surface area (TPSA) is 7.12 Å². The molecule has 1 aliphatic carbocycles. The van der Waals surface area contributed by atoms with Crippen LogP contribution in [0.1, 0.15) is 22.5 Å². The van der Waals surface area contributed by atoms with Crippen LogP contribution >= 0.6 is 0 Å². The molecule has 0 bridgehead atoms. The third-order valence-corrected chi connectivity index (χ3v) is 5.52. The molecule has 0 fully saturated rings. The zero-order valence-corrected chi connectivity index (χ0v) is 17.6. The van der Waals surface area contributed by atoms with Gasteiger partial charge in [0.1, 0.15) is 0 Å². The maximum atomic E-state index is 2.34. The summed E-state index contributed by atoms with van der Waals surface area (Å²) in [6.45, 7) is 4.40. The summed E-state index contributed by atoms with van der Waals surface area (Å²) in [5.74, 6) is 0. The normalized spacial score (nSPS) is 11.3. The van der Waals surface area contributed by atoms with E-state index in [0.29, 0.717) is 0 Å². The lowest BCUT2D eigenvalue weighted by Crippen LogP contribution is -2.34. The zero-order chi connectivity index (χ0) is 20.4. The minimum atomic E-state index is 1.20. The van der Waals surface area contributed by atoms with Gasteiger partial charge in [-0.05, 0) is 35.4 Å². The Morgan fingerprint density at radius 2 is 1.10 bits per heavy atom. The molecule has 0 spiro atoms. The molecule has 4 rings (SSSR count). The van der Waals surface area contributed by atoms with Crippen molar-refractivity contribution in [2.75, 3.05) is 19.0 Å². The van der Waals surface area contributed by atoms with E-state index in [0.717, 1.165) is 0 Å². The van der Waals surface area contributed by atoms with Crippen molar-refractivity contribution in [1.29, 1.82) is 0 Å². The van der Waals surface area contributed by atoms with Crippen LogP contribution in [0.2, 0.25) is 0 Å². The second-order valence-corrected chi connectivity index (χ2v) is 7.66. The lowest BCUT2D eigenvalue weighted by atomic mass is 10.1. The molecule has 2 aliphatic rings. The average molecular weight is 380 g/mol. The molecule has 0 aromatic heterocycles. The van der Waals surface area contributed by atoms with Crippen molar-refractivity contribution in [3.63, 3.8) is 0 Å². The highest BCUT2D eigenvalue weighted by Gasteiger charge is 2.26. The SMILES string of the molecule is Cc1c2ccc(/C=C/c3ccc(N(C)C)cc3)ccc-2c(C)[n+]1-c1ccccc1. The molecule has 1 aliphatic heterocycles. The van der Waals surface area contributed by atoms with Crippen LogP contribution in [0.3, 0.4) is 0 Å². The lowest BCUT2D eigenvalue weighted by Gasteiger charge is -2.11. The lowest BCUT2D eigenvalue weighted by molar-refractivity contribution is -0.604. The third kappa shape index (κ3) is 3.79. The third-order valence-electron chi connectivity index (χ3n) is 5.52. The molecule has 0 atom stereocenters. The molecular formula is C27H27N2+. The molecule has 2 nitrogen and oxygen atoms in total. The Kier molecular flexibility index (Phi) is 5.18. The minimum Gasteiger partial charge on any atom is -0.378 e. The largest absolute Gasteiger partial charge is 0.378 e. The number of fused-ring (bicyclic) bond motifs is 1. The Morgan fingerprint density at radius 1 is 0.621 bits per heavy atom. The van der Waals surface area contributed by atoms with E-state index in [1.165, 1.54) is 45.0 Å². The van der Waals surface area contributed by atoms with E-state index in [2.05, 4.69) is 128 Å². The summed E-state index contributed by atoms with van der Waals surface area (Å²) in [4.78, 5) is 2.11. The van der Waals surface area contributed by atoms with Gasteiger partial charge in [-0.3, -0.25) is 0 Å². The minimum absolute atomic E-state index is 1.20. The number of benzene rings is 2. The summed E-state index contributed by atoms with van der Waals surface area (Å²) in [5.41, 5.74) is 9.96. The molecule has 0 amide bonds. The first-order valence-electron chi connectivity index (χ1n) is 10.0. The summed E-state index contributed by atoms with van der Waals surface area (Å²) in [5, 5.41) is 0. The predicted octanol–water partition coefficient (Wildman–Crippen LogP) is 5.92. The van der Waals surface area contributed by atoms with Crippen LogP contribution in [-0.2, 0) is 0 Å². The van der Waals surface area contributed by atoms with Gasteiger partial charge >= 0.3 is 0 Å². The monoisotopic (exact) mass is 379 g/mol. The van der Waals surface area contributed by atoms with E-state index >= 15 is 0 Å². The average Bonchev–Trinajstić information content (AvgIpc) is 2.87. The van der Waals surface area contributed by atoms with E-state index in [1.807, 2.05) is 0 Å². The first kappa shape index (κ1) is 18.9. The number of para-hydroxylation sites is 1. The van der Waals surface area contributed by atoms with Crippen molar-refractivity contribution in [2.45, 2.75) is 13.8 Å². The van der Waals surface area contributed by atoms with Gasteiger partial charge < -0.3 is 4.90 Å². The van der Waals surface area contributed by atoms with Gasteiger partial charge in [0.15, 0.2) is 11.4 Å². The molecule has 144 valence electrons. The van der Waals surface area contributed by atoms with Gasteiger partial charge in [-0.2, -0.15) is 4.57 Å². The van der Waals surface area contributed by atoms with E-state index in [9.17, 15) is 0 Å². The Labute approximate surface area is 173 Å². The van der Waals surface area contributed by atoms with E-state index in [4.69, 9.17) is 0 Å². The van der Waals surface area contributed by atoms with Crippen molar-refractivity contribution in [2.24, 2.45) is 0 Å². The van der Waals surface area contributed by atoms with Gasteiger partial charge in [0.2, 0.25) is 5.69 Å². The fourth-order valence-corrected chi connectivity index (χ4v) is 3.87. The molecule has 29 heavy (non-hydrogen) atoms. The number of rotatable bonds is 4. The van der Waals surface area contributed by atoms with Gasteiger partial charge in [0.05, 0.1) is 11.1 Å². The van der Waals surface area contributed by atoms with Crippen molar-refractivity contribution in [3.8, 4) is 16.8 Å². The smallest absolute Gasteiger partial charge is 0.211 e. The van der Waals surface area contributed by atoms with Crippen molar-refractivity contribution >= 4 is 17.8 Å².